The summed E-state index contributed by atoms with van der Waals surface area (Å²) in [6, 6.07) is 3.14. The minimum Gasteiger partial charge on any atom is -0.351 e. The summed E-state index contributed by atoms with van der Waals surface area (Å²) in [5, 5.41) is 3.12. The lowest BCUT2D eigenvalue weighted by molar-refractivity contribution is -0.0503. The maximum Gasteiger partial charge on any atom is 0.251 e. The van der Waals surface area contributed by atoms with E-state index in [0.29, 0.717) is 11.0 Å². The molecule has 4 heteroatoms. The number of aryl methyl sites for hydroxylation is 1. The highest BCUT2D eigenvalue weighted by atomic mass is 16.2. The largest absolute Gasteiger partial charge is 0.351 e. The quantitative estimate of drug-likeness (QED) is 0.931. The van der Waals surface area contributed by atoms with Crippen molar-refractivity contribution in [1.29, 1.82) is 0 Å². The topological polar surface area (TPSA) is 51.1 Å². The van der Waals surface area contributed by atoms with Crippen LogP contribution in [0.4, 0.5) is 0 Å². The molecule has 1 amide bonds. The van der Waals surface area contributed by atoms with Crippen LogP contribution in [0.3, 0.4) is 0 Å². The van der Waals surface area contributed by atoms with E-state index in [1.165, 1.54) is 49.2 Å². The van der Waals surface area contributed by atoms with Crippen LogP contribution < -0.4 is 10.9 Å². The van der Waals surface area contributed by atoms with Crippen molar-refractivity contribution in [3.05, 3.63) is 34.2 Å². The van der Waals surface area contributed by atoms with Gasteiger partial charge in [0.05, 0.1) is 0 Å². The van der Waals surface area contributed by atoms with Crippen LogP contribution in [0.2, 0.25) is 0 Å². The van der Waals surface area contributed by atoms with Gasteiger partial charge in [-0.05, 0) is 67.8 Å². The normalized spacial score (nSPS) is 35.6. The minimum absolute atomic E-state index is 0.103. The van der Waals surface area contributed by atoms with Crippen LogP contribution in [-0.4, -0.2) is 17.0 Å². The molecule has 0 spiro atoms. The Kier molecular flexibility index (Phi) is 3.17. The summed E-state index contributed by atoms with van der Waals surface area (Å²) in [7, 11) is 1.69. The number of carbonyl (C=O) groups excluding carboxylic acids is 1. The SMILES string of the molecule is Cn1ccc(C(=O)NCC23CC4CC(CC(C4)C2)C3)cc1=O. The number of amides is 1. The first kappa shape index (κ1) is 14.0. The first-order chi connectivity index (χ1) is 10.5. The van der Waals surface area contributed by atoms with Crippen LogP contribution in [-0.2, 0) is 7.05 Å². The lowest BCUT2D eigenvalue weighted by atomic mass is 9.49. The predicted octanol–water partition coefficient (Wildman–Crippen LogP) is 2.33. The van der Waals surface area contributed by atoms with E-state index in [0.717, 1.165) is 24.3 Å². The zero-order valence-corrected chi connectivity index (χ0v) is 13.2. The van der Waals surface area contributed by atoms with Gasteiger partial charge in [0, 0.05) is 31.4 Å². The Morgan fingerprint density at radius 1 is 1.23 bits per heavy atom. The highest BCUT2D eigenvalue weighted by Gasteiger charge is 2.50. The Labute approximate surface area is 130 Å². The summed E-state index contributed by atoms with van der Waals surface area (Å²) in [5.74, 6) is 2.58. The van der Waals surface area contributed by atoms with Crippen molar-refractivity contribution >= 4 is 5.91 Å². The number of aromatic nitrogens is 1. The summed E-state index contributed by atoms with van der Waals surface area (Å²) < 4.78 is 1.48. The Bertz CT molecular complexity index is 626. The number of carbonyl (C=O) groups is 1. The Balaban J connectivity index is 1.45. The summed E-state index contributed by atoms with van der Waals surface area (Å²) in [5.41, 5.74) is 0.680. The second kappa shape index (κ2) is 4.97. The van der Waals surface area contributed by atoms with Crippen molar-refractivity contribution in [2.45, 2.75) is 38.5 Å². The van der Waals surface area contributed by atoms with Gasteiger partial charge in [-0.2, -0.15) is 0 Å². The second-order valence-corrected chi connectivity index (χ2v) is 7.96. The minimum atomic E-state index is -0.137. The van der Waals surface area contributed by atoms with Gasteiger partial charge in [-0.25, -0.2) is 0 Å². The lowest BCUT2D eigenvalue weighted by Crippen LogP contribution is -2.51. The molecular formula is C18H24N2O2. The van der Waals surface area contributed by atoms with Gasteiger partial charge in [0.25, 0.3) is 11.5 Å². The number of hydrogen-bond donors (Lipinski definition) is 1. The zero-order valence-electron chi connectivity index (χ0n) is 13.2. The van der Waals surface area contributed by atoms with Crippen LogP contribution in [0.15, 0.2) is 23.1 Å². The van der Waals surface area contributed by atoms with Gasteiger partial charge in [0.1, 0.15) is 0 Å². The molecule has 1 heterocycles. The number of rotatable bonds is 3. The fourth-order valence-electron chi connectivity index (χ4n) is 5.57. The number of hydrogen-bond acceptors (Lipinski definition) is 2. The second-order valence-electron chi connectivity index (χ2n) is 7.96. The Morgan fingerprint density at radius 3 is 2.36 bits per heavy atom. The molecule has 5 rings (SSSR count). The van der Waals surface area contributed by atoms with Crippen LogP contribution in [0, 0.1) is 23.2 Å². The molecule has 0 atom stereocenters. The van der Waals surface area contributed by atoms with Gasteiger partial charge in [-0.3, -0.25) is 9.59 Å². The van der Waals surface area contributed by atoms with Crippen LogP contribution in [0.5, 0.6) is 0 Å². The van der Waals surface area contributed by atoms with Crippen molar-refractivity contribution in [2.24, 2.45) is 30.2 Å². The molecule has 4 aliphatic carbocycles. The molecule has 4 fully saturated rings. The first-order valence-electron chi connectivity index (χ1n) is 8.48. The summed E-state index contributed by atoms with van der Waals surface area (Å²) in [6.07, 6.45) is 9.77. The van der Waals surface area contributed by atoms with E-state index >= 15 is 0 Å². The third-order valence-corrected chi connectivity index (χ3v) is 6.16. The molecule has 4 bridgehead atoms. The van der Waals surface area contributed by atoms with Gasteiger partial charge < -0.3 is 9.88 Å². The van der Waals surface area contributed by atoms with Crippen LogP contribution >= 0.6 is 0 Å². The van der Waals surface area contributed by atoms with E-state index in [4.69, 9.17) is 0 Å². The smallest absolute Gasteiger partial charge is 0.251 e. The lowest BCUT2D eigenvalue weighted by Gasteiger charge is -2.56. The zero-order chi connectivity index (χ0) is 15.3. The van der Waals surface area contributed by atoms with E-state index in [-0.39, 0.29) is 11.5 Å². The molecule has 0 aliphatic heterocycles. The van der Waals surface area contributed by atoms with Crippen molar-refractivity contribution in [1.82, 2.24) is 9.88 Å². The maximum atomic E-state index is 12.3. The van der Waals surface area contributed by atoms with E-state index < -0.39 is 0 Å². The molecule has 22 heavy (non-hydrogen) atoms. The molecule has 4 saturated carbocycles. The molecule has 0 aromatic carbocycles. The van der Waals surface area contributed by atoms with Crippen molar-refractivity contribution in [3.8, 4) is 0 Å². The molecular weight excluding hydrogens is 276 g/mol. The summed E-state index contributed by atoms with van der Waals surface area (Å²) in [4.78, 5) is 24.0. The monoisotopic (exact) mass is 300 g/mol. The molecule has 1 N–H and O–H groups in total. The van der Waals surface area contributed by atoms with Gasteiger partial charge in [-0.1, -0.05) is 0 Å². The van der Waals surface area contributed by atoms with Gasteiger partial charge in [-0.15, -0.1) is 0 Å². The van der Waals surface area contributed by atoms with Crippen LogP contribution in [0.1, 0.15) is 48.9 Å². The molecule has 0 radical (unpaired) electrons. The van der Waals surface area contributed by atoms with Crippen molar-refractivity contribution in [2.75, 3.05) is 6.54 Å². The van der Waals surface area contributed by atoms with Gasteiger partial charge in [0.2, 0.25) is 0 Å². The van der Waals surface area contributed by atoms with Gasteiger partial charge >= 0.3 is 0 Å². The molecule has 4 nitrogen and oxygen atoms in total. The number of nitrogens with zero attached hydrogens (tertiary/aromatic N) is 1. The van der Waals surface area contributed by atoms with E-state index in [1.54, 1.807) is 19.3 Å². The molecule has 1 aromatic rings. The first-order valence-corrected chi connectivity index (χ1v) is 8.48. The fraction of sp³-hybridized carbons (Fsp3) is 0.667. The van der Waals surface area contributed by atoms with Gasteiger partial charge in [0.15, 0.2) is 0 Å². The molecule has 1 aromatic heterocycles. The van der Waals surface area contributed by atoms with E-state index in [1.807, 2.05) is 0 Å². The van der Waals surface area contributed by atoms with Crippen LogP contribution in [0.25, 0.3) is 0 Å². The Morgan fingerprint density at radius 2 is 1.82 bits per heavy atom. The molecule has 118 valence electrons. The average Bonchev–Trinajstić information content (AvgIpc) is 2.46. The number of pyridine rings is 1. The number of nitrogens with one attached hydrogen (secondary N) is 1. The van der Waals surface area contributed by atoms with E-state index in [2.05, 4.69) is 5.32 Å². The standard InChI is InChI=1S/C18H24N2O2/c1-20-3-2-15(7-16(20)21)17(22)19-11-18-8-12-4-13(9-18)6-14(5-12)10-18/h2-3,7,12-14H,4-6,8-11H2,1H3,(H,19,22). The van der Waals surface area contributed by atoms with Crippen molar-refractivity contribution < 1.29 is 4.79 Å². The highest BCUT2D eigenvalue weighted by molar-refractivity contribution is 5.94. The summed E-state index contributed by atoms with van der Waals surface area (Å²) >= 11 is 0. The fourth-order valence-corrected chi connectivity index (χ4v) is 5.57. The maximum absolute atomic E-state index is 12.3. The van der Waals surface area contributed by atoms with Crippen molar-refractivity contribution in [3.63, 3.8) is 0 Å². The third kappa shape index (κ3) is 2.38. The predicted molar refractivity (Wildman–Crippen MR) is 84.6 cm³/mol. The molecule has 0 unspecified atom stereocenters. The van der Waals surface area contributed by atoms with E-state index in [9.17, 15) is 9.59 Å². The molecule has 0 saturated heterocycles. The summed E-state index contributed by atoms with van der Waals surface area (Å²) in [6.45, 7) is 0.782. The highest BCUT2D eigenvalue weighted by Crippen LogP contribution is 2.59. The Hall–Kier alpha value is -1.58. The molecule has 4 aliphatic rings. The third-order valence-electron chi connectivity index (χ3n) is 6.16. The average molecular weight is 300 g/mol.